The highest BCUT2D eigenvalue weighted by atomic mass is 32.2. The van der Waals surface area contributed by atoms with E-state index in [9.17, 15) is 22.2 Å². The summed E-state index contributed by atoms with van der Waals surface area (Å²) < 4.78 is 52.1. The van der Waals surface area contributed by atoms with E-state index >= 15 is 0 Å². The van der Waals surface area contributed by atoms with Crippen LogP contribution in [0.5, 0.6) is 0 Å². The number of carbonyl (C=O) groups is 1. The van der Waals surface area contributed by atoms with Crippen LogP contribution in [-0.4, -0.2) is 40.8 Å². The first kappa shape index (κ1) is 17.7. The molecule has 1 aromatic rings. The van der Waals surface area contributed by atoms with Crippen molar-refractivity contribution >= 4 is 22.5 Å². The molecule has 9 heteroatoms. The van der Waals surface area contributed by atoms with Crippen molar-refractivity contribution in [3.05, 3.63) is 23.8 Å². The fourth-order valence-corrected chi connectivity index (χ4v) is 3.27. The average Bonchev–Trinajstić information content (AvgIpc) is 2.48. The molecular weight excluding hydrogens is 333 g/mol. The van der Waals surface area contributed by atoms with Gasteiger partial charge in [0.2, 0.25) is 0 Å². The Morgan fingerprint density at radius 2 is 1.96 bits per heavy atom. The molecule has 1 aromatic carbocycles. The lowest BCUT2D eigenvalue weighted by atomic mass is 10.1. The van der Waals surface area contributed by atoms with E-state index in [0.717, 1.165) is 11.1 Å². The summed E-state index contributed by atoms with van der Waals surface area (Å²) in [5, 5.41) is 0.523. The number of urea groups is 1. The molecule has 1 aliphatic heterocycles. The van der Waals surface area contributed by atoms with E-state index in [-0.39, 0.29) is 23.7 Å². The lowest BCUT2D eigenvalue weighted by molar-refractivity contribution is -0.139. The second kappa shape index (κ2) is 6.48. The molecule has 2 rings (SSSR count). The van der Waals surface area contributed by atoms with Gasteiger partial charge in [-0.15, -0.1) is 0 Å². The summed E-state index contributed by atoms with van der Waals surface area (Å²) in [6, 6.07) is 2.87. The number of hydrogen-bond acceptors (Lipinski definition) is 3. The molecule has 0 bridgehead atoms. The number of amides is 2. The highest BCUT2D eigenvalue weighted by Gasteiger charge is 2.37. The van der Waals surface area contributed by atoms with Gasteiger partial charge in [0.25, 0.3) is 0 Å². The van der Waals surface area contributed by atoms with Crippen molar-refractivity contribution in [3.63, 3.8) is 0 Å². The van der Waals surface area contributed by atoms with Crippen molar-refractivity contribution in [1.29, 1.82) is 0 Å². The first-order chi connectivity index (χ1) is 10.6. The Hall–Kier alpha value is -1.61. The van der Waals surface area contributed by atoms with Crippen molar-refractivity contribution in [3.8, 4) is 0 Å². The molecule has 1 atom stereocenters. The summed E-state index contributed by atoms with van der Waals surface area (Å²) in [5.74, 6) is 0. The third-order valence-electron chi connectivity index (χ3n) is 3.33. The molecule has 2 amide bonds. The molecule has 128 valence electrons. The van der Waals surface area contributed by atoms with Gasteiger partial charge in [0.05, 0.1) is 34.4 Å². The monoisotopic (exact) mass is 350 g/mol. The molecule has 5 nitrogen and oxygen atoms in total. The summed E-state index contributed by atoms with van der Waals surface area (Å²) in [6.45, 7) is 3.51. The number of nitrogens with zero attached hydrogens (tertiary/aromatic N) is 2. The summed E-state index contributed by atoms with van der Waals surface area (Å²) in [7, 11) is -0.390. The minimum atomic E-state index is -4.66. The van der Waals surface area contributed by atoms with Gasteiger partial charge >= 0.3 is 12.2 Å². The topological polar surface area (TPSA) is 49.9 Å². The number of carbonyl (C=O) groups excluding carboxylic acids is 1. The Labute approximate surface area is 134 Å². The highest BCUT2D eigenvalue weighted by Crippen LogP contribution is 2.37. The minimum Gasteiger partial charge on any atom is -0.290 e. The summed E-state index contributed by atoms with van der Waals surface area (Å²) >= 11 is 0. The number of anilines is 1. The molecule has 0 spiro atoms. The van der Waals surface area contributed by atoms with E-state index in [4.69, 9.17) is 4.84 Å². The standard InChI is InChI=1S/C14H17F3N2O3S/c1-9(2)23(21)12-5-4-10(8-11(12)14(15,16)17)19-6-7-22-18(3)13(19)20/h4-5,8-9H,6-7H2,1-3H3. The Balaban J connectivity index is 2.49. The molecule has 0 N–H and O–H groups in total. The van der Waals surface area contributed by atoms with Crippen LogP contribution in [0.1, 0.15) is 19.4 Å². The molecule has 0 aliphatic carbocycles. The summed E-state index contributed by atoms with van der Waals surface area (Å²) in [4.78, 5) is 17.9. The summed E-state index contributed by atoms with van der Waals surface area (Å²) in [5.41, 5.74) is -0.883. The molecule has 1 heterocycles. The van der Waals surface area contributed by atoms with Gasteiger partial charge < -0.3 is 0 Å². The van der Waals surface area contributed by atoms with Crippen LogP contribution in [0.4, 0.5) is 23.7 Å². The lowest BCUT2D eigenvalue weighted by Gasteiger charge is -2.33. The van der Waals surface area contributed by atoms with E-state index in [1.54, 1.807) is 13.8 Å². The quantitative estimate of drug-likeness (QED) is 0.842. The Bertz CT molecular complexity index is 634. The second-order valence-electron chi connectivity index (χ2n) is 5.29. The molecule has 0 saturated carbocycles. The predicted octanol–water partition coefficient (Wildman–Crippen LogP) is 3.02. The van der Waals surface area contributed by atoms with Crippen molar-refractivity contribution in [2.75, 3.05) is 25.1 Å². The summed E-state index contributed by atoms with van der Waals surface area (Å²) in [6.07, 6.45) is -4.66. The number of halogens is 3. The van der Waals surface area contributed by atoms with Gasteiger partial charge in [-0.1, -0.05) is 13.8 Å². The first-order valence-electron chi connectivity index (χ1n) is 6.93. The zero-order valence-corrected chi connectivity index (χ0v) is 13.7. The fourth-order valence-electron chi connectivity index (χ4n) is 2.17. The first-order valence-corrected chi connectivity index (χ1v) is 8.14. The lowest BCUT2D eigenvalue weighted by Crippen LogP contribution is -2.48. The Kier molecular flexibility index (Phi) is 5.00. The molecule has 1 aliphatic rings. The molecule has 0 radical (unpaired) electrons. The number of hydrogen-bond donors (Lipinski definition) is 0. The zero-order chi connectivity index (χ0) is 17.4. The Morgan fingerprint density at radius 3 is 2.52 bits per heavy atom. The predicted molar refractivity (Wildman–Crippen MR) is 79.4 cm³/mol. The van der Waals surface area contributed by atoms with Crippen molar-refractivity contribution in [2.24, 2.45) is 0 Å². The number of rotatable bonds is 3. The van der Waals surface area contributed by atoms with Crippen LogP contribution < -0.4 is 4.90 Å². The average molecular weight is 350 g/mol. The van der Waals surface area contributed by atoms with Crippen LogP contribution >= 0.6 is 0 Å². The molecule has 1 fully saturated rings. The van der Waals surface area contributed by atoms with Crippen LogP contribution in [0, 0.1) is 0 Å². The van der Waals surface area contributed by atoms with E-state index in [1.165, 1.54) is 24.1 Å². The van der Waals surface area contributed by atoms with Gasteiger partial charge in [-0.25, -0.2) is 9.86 Å². The van der Waals surface area contributed by atoms with Crippen LogP contribution in [0.3, 0.4) is 0 Å². The third kappa shape index (κ3) is 3.66. The van der Waals surface area contributed by atoms with Crippen LogP contribution in [0.15, 0.2) is 23.1 Å². The number of alkyl halides is 3. The maximum absolute atomic E-state index is 13.3. The molecule has 0 aromatic heterocycles. The zero-order valence-electron chi connectivity index (χ0n) is 12.9. The number of hydroxylamine groups is 2. The van der Waals surface area contributed by atoms with Gasteiger partial charge in [-0.2, -0.15) is 13.2 Å². The third-order valence-corrected chi connectivity index (χ3v) is 4.97. The van der Waals surface area contributed by atoms with E-state index in [1.807, 2.05) is 0 Å². The molecular formula is C14H17F3N2O3S. The number of benzene rings is 1. The van der Waals surface area contributed by atoms with Crippen LogP contribution in [0.25, 0.3) is 0 Å². The SMILES string of the molecule is CC(C)S(=O)c1ccc(N2CCON(C)C2=O)cc1C(F)(F)F. The van der Waals surface area contributed by atoms with E-state index in [0.29, 0.717) is 0 Å². The fraction of sp³-hybridized carbons (Fsp3) is 0.500. The largest absolute Gasteiger partial charge is 0.417 e. The highest BCUT2D eigenvalue weighted by molar-refractivity contribution is 7.85. The molecule has 1 saturated heterocycles. The van der Waals surface area contributed by atoms with Gasteiger partial charge in [0, 0.05) is 18.0 Å². The van der Waals surface area contributed by atoms with Gasteiger partial charge in [0.1, 0.15) is 0 Å². The van der Waals surface area contributed by atoms with Gasteiger partial charge in [-0.05, 0) is 18.2 Å². The minimum absolute atomic E-state index is 0.0991. The molecule has 1 unspecified atom stereocenters. The molecule has 23 heavy (non-hydrogen) atoms. The van der Waals surface area contributed by atoms with Crippen LogP contribution in [-0.2, 0) is 21.8 Å². The van der Waals surface area contributed by atoms with Crippen molar-refractivity contribution < 1.29 is 27.0 Å². The van der Waals surface area contributed by atoms with E-state index in [2.05, 4.69) is 0 Å². The maximum Gasteiger partial charge on any atom is 0.417 e. The second-order valence-corrected chi connectivity index (χ2v) is 7.27. The smallest absolute Gasteiger partial charge is 0.290 e. The normalized spacial score (nSPS) is 17.8. The van der Waals surface area contributed by atoms with Gasteiger partial charge in [-0.3, -0.25) is 13.9 Å². The maximum atomic E-state index is 13.3. The van der Waals surface area contributed by atoms with Crippen molar-refractivity contribution in [2.45, 2.75) is 30.2 Å². The van der Waals surface area contributed by atoms with E-state index < -0.39 is 33.8 Å². The van der Waals surface area contributed by atoms with Crippen LogP contribution in [0.2, 0.25) is 0 Å². The van der Waals surface area contributed by atoms with Crippen molar-refractivity contribution in [1.82, 2.24) is 5.06 Å². The van der Waals surface area contributed by atoms with Gasteiger partial charge in [0.15, 0.2) is 0 Å². The Morgan fingerprint density at radius 1 is 1.30 bits per heavy atom.